The highest BCUT2D eigenvalue weighted by Gasteiger charge is 2.39. The summed E-state index contributed by atoms with van der Waals surface area (Å²) in [5, 5.41) is 3.41. The molecule has 1 aromatic rings. The zero-order valence-electron chi connectivity index (χ0n) is 22.4. The van der Waals surface area contributed by atoms with E-state index in [2.05, 4.69) is 10.2 Å². The Labute approximate surface area is 220 Å². The van der Waals surface area contributed by atoms with Crippen molar-refractivity contribution in [3.05, 3.63) is 34.9 Å². The average molecular weight is 520 g/mol. The van der Waals surface area contributed by atoms with Gasteiger partial charge in [0.05, 0.1) is 6.04 Å². The van der Waals surface area contributed by atoms with Crippen LogP contribution in [0.5, 0.6) is 0 Å². The molecule has 8 heteroatoms. The van der Waals surface area contributed by atoms with Gasteiger partial charge < -0.3 is 19.9 Å². The third-order valence-corrected chi connectivity index (χ3v) is 7.18. The number of rotatable bonds is 7. The van der Waals surface area contributed by atoms with Crippen LogP contribution in [0.25, 0.3) is 0 Å². The van der Waals surface area contributed by atoms with Crippen LogP contribution in [0.2, 0.25) is 5.02 Å². The maximum Gasteiger partial charge on any atom is 0.408 e. The van der Waals surface area contributed by atoms with Crippen LogP contribution in [-0.2, 0) is 20.7 Å². The lowest BCUT2D eigenvalue weighted by Crippen LogP contribution is -2.53. The number of carbonyl (C=O) groups is 3. The molecule has 1 saturated heterocycles. The van der Waals surface area contributed by atoms with Gasteiger partial charge in [-0.1, -0.05) is 56.8 Å². The summed E-state index contributed by atoms with van der Waals surface area (Å²) in [7, 11) is 0. The fraction of sp³-hybridized carbons (Fsp3) is 0.679. The number of hydrogen-bond donors (Lipinski definition) is 1. The largest absolute Gasteiger partial charge is 0.444 e. The van der Waals surface area contributed by atoms with Crippen LogP contribution in [0.3, 0.4) is 0 Å². The van der Waals surface area contributed by atoms with Crippen LogP contribution in [-0.4, -0.2) is 64.5 Å². The number of likely N-dealkylation sites (tertiary alicyclic amines) is 1. The number of alkyl carbamates (subject to hydrolysis) is 1. The Morgan fingerprint density at radius 3 is 2.28 bits per heavy atom. The minimum atomic E-state index is -0.774. The monoisotopic (exact) mass is 519 g/mol. The van der Waals surface area contributed by atoms with Gasteiger partial charge in [0.2, 0.25) is 11.8 Å². The number of halogens is 1. The molecule has 3 amide bonds. The summed E-state index contributed by atoms with van der Waals surface area (Å²) in [5.74, 6) is -0.0622. The van der Waals surface area contributed by atoms with Gasteiger partial charge in [-0.2, -0.15) is 0 Å². The molecule has 1 aliphatic carbocycles. The zero-order valence-corrected chi connectivity index (χ0v) is 23.1. The standard InChI is InChI=1S/C28H42ClN3O4/c1-19(2)25(33)32(22-9-7-6-8-10-22)23-15-16-31(18-23)26(34)24(30-27(35)36-28(3,4)5)17-20-11-13-21(29)14-12-20/h11-14,19,22-24H,6-10,15-18H2,1-5H3,(H,30,35)/t23-,24-/m1/s1. The summed E-state index contributed by atoms with van der Waals surface area (Å²) in [5.41, 5.74) is 0.220. The second-order valence-corrected chi connectivity index (χ2v) is 11.9. The molecule has 2 aliphatic rings. The topological polar surface area (TPSA) is 79.0 Å². The Balaban J connectivity index is 1.75. The smallest absolute Gasteiger partial charge is 0.408 e. The van der Waals surface area contributed by atoms with Gasteiger partial charge in [0, 0.05) is 36.5 Å². The first-order valence-corrected chi connectivity index (χ1v) is 13.7. The fourth-order valence-corrected chi connectivity index (χ4v) is 5.34. The third-order valence-electron chi connectivity index (χ3n) is 6.93. The molecule has 1 saturated carbocycles. The van der Waals surface area contributed by atoms with E-state index in [-0.39, 0.29) is 29.8 Å². The molecule has 0 radical (unpaired) electrons. The number of ether oxygens (including phenoxy) is 1. The summed E-state index contributed by atoms with van der Waals surface area (Å²) in [6.07, 6.45) is 6.02. The lowest BCUT2D eigenvalue weighted by atomic mass is 9.92. The van der Waals surface area contributed by atoms with E-state index in [4.69, 9.17) is 16.3 Å². The van der Waals surface area contributed by atoms with Crippen LogP contribution in [0, 0.1) is 5.92 Å². The molecule has 0 aromatic heterocycles. The van der Waals surface area contributed by atoms with Gasteiger partial charge in [-0.15, -0.1) is 0 Å². The first kappa shape index (κ1) is 28.3. The average Bonchev–Trinajstić information content (AvgIpc) is 3.28. The van der Waals surface area contributed by atoms with Gasteiger partial charge in [-0.05, 0) is 57.7 Å². The van der Waals surface area contributed by atoms with E-state index in [1.165, 1.54) is 6.42 Å². The molecule has 1 N–H and O–H groups in total. The van der Waals surface area contributed by atoms with Crippen molar-refractivity contribution in [3.63, 3.8) is 0 Å². The Bertz CT molecular complexity index is 906. The predicted octanol–water partition coefficient (Wildman–Crippen LogP) is 5.19. The first-order valence-electron chi connectivity index (χ1n) is 13.3. The number of nitrogens with zero attached hydrogens (tertiary/aromatic N) is 2. The molecule has 2 atom stereocenters. The molecule has 2 fully saturated rings. The molecular weight excluding hydrogens is 478 g/mol. The van der Waals surface area contributed by atoms with Crippen molar-refractivity contribution in [3.8, 4) is 0 Å². The van der Waals surface area contributed by atoms with Crippen molar-refractivity contribution in [2.24, 2.45) is 5.92 Å². The second kappa shape index (κ2) is 12.3. The molecule has 7 nitrogen and oxygen atoms in total. The number of benzene rings is 1. The van der Waals surface area contributed by atoms with E-state index in [0.29, 0.717) is 24.5 Å². The lowest BCUT2D eigenvalue weighted by molar-refractivity contribution is -0.141. The SMILES string of the molecule is CC(C)C(=O)N(C1CCCCC1)[C@@H]1CCN(C(=O)[C@@H](Cc2ccc(Cl)cc2)NC(=O)OC(C)(C)C)C1. The van der Waals surface area contributed by atoms with E-state index < -0.39 is 17.7 Å². The minimum absolute atomic E-state index is 0.00431. The van der Waals surface area contributed by atoms with Crippen LogP contribution in [0.1, 0.15) is 78.7 Å². The molecule has 36 heavy (non-hydrogen) atoms. The lowest BCUT2D eigenvalue weighted by Gasteiger charge is -2.39. The van der Waals surface area contributed by atoms with Crippen LogP contribution in [0.15, 0.2) is 24.3 Å². The maximum atomic E-state index is 13.7. The van der Waals surface area contributed by atoms with Crippen molar-refractivity contribution in [2.45, 2.75) is 103 Å². The summed E-state index contributed by atoms with van der Waals surface area (Å²) >= 11 is 6.03. The van der Waals surface area contributed by atoms with E-state index in [1.807, 2.05) is 26.0 Å². The van der Waals surface area contributed by atoms with Crippen LogP contribution >= 0.6 is 11.6 Å². The van der Waals surface area contributed by atoms with Gasteiger partial charge in [0.25, 0.3) is 0 Å². The molecule has 1 aromatic carbocycles. The number of amides is 3. The molecule has 3 rings (SSSR count). The van der Waals surface area contributed by atoms with Crippen molar-refractivity contribution in [1.82, 2.24) is 15.1 Å². The zero-order chi connectivity index (χ0) is 26.5. The molecule has 1 aliphatic heterocycles. The molecule has 0 spiro atoms. The number of carbonyl (C=O) groups excluding carboxylic acids is 3. The second-order valence-electron chi connectivity index (χ2n) is 11.4. The summed E-state index contributed by atoms with van der Waals surface area (Å²) in [6, 6.07) is 6.75. The van der Waals surface area contributed by atoms with E-state index in [0.717, 1.165) is 37.7 Å². The van der Waals surface area contributed by atoms with E-state index in [1.54, 1.807) is 37.8 Å². The predicted molar refractivity (Wildman–Crippen MR) is 142 cm³/mol. The highest BCUT2D eigenvalue weighted by atomic mass is 35.5. The fourth-order valence-electron chi connectivity index (χ4n) is 5.21. The van der Waals surface area contributed by atoms with Gasteiger partial charge in [-0.25, -0.2) is 4.79 Å². The molecule has 0 unspecified atom stereocenters. The summed E-state index contributed by atoms with van der Waals surface area (Å²) in [6.45, 7) is 10.3. The molecule has 200 valence electrons. The summed E-state index contributed by atoms with van der Waals surface area (Å²) in [4.78, 5) is 43.4. The van der Waals surface area contributed by atoms with Crippen LogP contribution < -0.4 is 5.32 Å². The first-order chi connectivity index (χ1) is 16.9. The normalized spacial score (nSPS) is 19.8. The number of hydrogen-bond acceptors (Lipinski definition) is 4. The third kappa shape index (κ3) is 7.86. The van der Waals surface area contributed by atoms with Crippen molar-refractivity contribution < 1.29 is 19.1 Å². The van der Waals surface area contributed by atoms with Crippen LogP contribution in [0.4, 0.5) is 4.79 Å². The van der Waals surface area contributed by atoms with E-state index >= 15 is 0 Å². The Morgan fingerprint density at radius 1 is 1.06 bits per heavy atom. The molecule has 0 bridgehead atoms. The van der Waals surface area contributed by atoms with Gasteiger partial charge >= 0.3 is 6.09 Å². The van der Waals surface area contributed by atoms with Gasteiger partial charge in [0.1, 0.15) is 11.6 Å². The Kier molecular flexibility index (Phi) is 9.67. The quantitative estimate of drug-likeness (QED) is 0.537. The Hall–Kier alpha value is -2.28. The maximum absolute atomic E-state index is 13.7. The summed E-state index contributed by atoms with van der Waals surface area (Å²) < 4.78 is 5.44. The molecule has 1 heterocycles. The Morgan fingerprint density at radius 2 is 1.69 bits per heavy atom. The van der Waals surface area contributed by atoms with Gasteiger partial charge in [0.15, 0.2) is 0 Å². The molecular formula is C28H42ClN3O4. The number of nitrogens with one attached hydrogen (secondary N) is 1. The van der Waals surface area contributed by atoms with Gasteiger partial charge in [-0.3, -0.25) is 9.59 Å². The van der Waals surface area contributed by atoms with E-state index in [9.17, 15) is 14.4 Å². The highest BCUT2D eigenvalue weighted by Crippen LogP contribution is 2.29. The van der Waals surface area contributed by atoms with Crippen molar-refractivity contribution >= 4 is 29.5 Å². The minimum Gasteiger partial charge on any atom is -0.444 e. The van der Waals surface area contributed by atoms with Crippen molar-refractivity contribution in [1.29, 1.82) is 0 Å². The highest BCUT2D eigenvalue weighted by molar-refractivity contribution is 6.30. The van der Waals surface area contributed by atoms with Crippen molar-refractivity contribution in [2.75, 3.05) is 13.1 Å².